The Hall–Kier alpha value is -1.71. The largest absolute Gasteiger partial charge is 1.00 e. The number of halogens is 2. The molecule has 0 amide bonds. The fraction of sp³-hybridized carbons (Fsp3) is 0.0714. The van der Waals surface area contributed by atoms with Crippen molar-refractivity contribution in [1.82, 2.24) is 9.55 Å². The van der Waals surface area contributed by atoms with Crippen molar-refractivity contribution < 1.29 is 24.8 Å². The molecule has 3 aromatic rings. The maximum absolute atomic E-state index is 5.75. The van der Waals surface area contributed by atoms with E-state index in [9.17, 15) is 0 Å². The number of rotatable bonds is 1. The van der Waals surface area contributed by atoms with Crippen molar-refractivity contribution >= 4 is 16.7 Å². The van der Waals surface area contributed by atoms with Gasteiger partial charge in [0.05, 0.1) is 11.0 Å². The monoisotopic (exact) mass is 293 g/mol. The second-order valence-corrected chi connectivity index (χ2v) is 4.20. The van der Waals surface area contributed by atoms with Gasteiger partial charge in [-0.05, 0) is 42.8 Å². The smallest absolute Gasteiger partial charge is 0.100 e. The molecule has 0 saturated carbocycles. The van der Waals surface area contributed by atoms with Gasteiger partial charge in [-0.25, -0.2) is 4.98 Å². The third-order valence-electron chi connectivity index (χ3n) is 2.85. The molecule has 19 heavy (non-hydrogen) atoms. The first kappa shape index (κ1) is 15.3. The lowest BCUT2D eigenvalue weighted by molar-refractivity contribution is -0.001000. The minimum Gasteiger partial charge on any atom is -1.00 e. The van der Waals surface area contributed by atoms with Gasteiger partial charge in [0.25, 0.3) is 0 Å². The molecule has 0 aliphatic carbocycles. The highest BCUT2D eigenvalue weighted by Crippen LogP contribution is 2.20. The molecule has 2 aromatic carbocycles. The highest BCUT2D eigenvalue weighted by atomic mass is 35.5. The van der Waals surface area contributed by atoms with Crippen LogP contribution in [0, 0.1) is 6.92 Å². The topological polar surface area (TPSA) is 43.8 Å². The number of benzene rings is 2. The lowest BCUT2D eigenvalue weighted by Crippen LogP contribution is -3.00. The molecule has 0 aliphatic heterocycles. The molecule has 5 heteroatoms. The van der Waals surface area contributed by atoms with Gasteiger partial charge in [-0.3, -0.25) is 4.57 Å². The minimum atomic E-state index is 0. The van der Waals surface area contributed by atoms with Crippen LogP contribution < -0.4 is 30.5 Å². The zero-order chi connectivity index (χ0) is 11.8. The highest BCUT2D eigenvalue weighted by Gasteiger charge is 2.04. The van der Waals surface area contributed by atoms with Gasteiger partial charge in [-0.2, -0.15) is 0 Å². The van der Waals surface area contributed by atoms with Crippen molar-refractivity contribution in [2.24, 2.45) is 0 Å². The lowest BCUT2D eigenvalue weighted by Gasteiger charge is -2.05. The molecule has 2 N–H and O–H groups in total. The van der Waals surface area contributed by atoms with Crippen LogP contribution >= 0.6 is 0 Å². The molecule has 1 aromatic heterocycles. The summed E-state index contributed by atoms with van der Waals surface area (Å²) in [6.07, 6.45) is 1.83. The Kier molecular flexibility index (Phi) is 4.81. The number of aryl methyl sites for hydroxylation is 1. The normalized spacial score (nSPS) is 9.74. The zero-order valence-electron chi connectivity index (χ0n) is 10.3. The molecule has 0 unspecified atom stereocenters. The van der Waals surface area contributed by atoms with E-state index in [1.807, 2.05) is 30.6 Å². The van der Waals surface area contributed by atoms with Gasteiger partial charge in [0.15, 0.2) is 0 Å². The van der Waals surface area contributed by atoms with Gasteiger partial charge < -0.3 is 30.5 Å². The van der Waals surface area contributed by atoms with Crippen molar-refractivity contribution in [3.8, 4) is 5.69 Å². The van der Waals surface area contributed by atoms with E-state index in [0.29, 0.717) is 0 Å². The lowest BCUT2D eigenvalue weighted by atomic mass is 10.2. The Balaban J connectivity index is 0.000000902. The molecule has 0 aliphatic rings. The quantitative estimate of drug-likeness (QED) is 0.484. The molecule has 0 radical (unpaired) electrons. The van der Waals surface area contributed by atoms with E-state index in [-0.39, 0.29) is 24.8 Å². The molecule has 1 heterocycles. The van der Waals surface area contributed by atoms with Crippen molar-refractivity contribution in [1.29, 1.82) is 0 Å². The van der Waals surface area contributed by atoms with Crippen LogP contribution in [-0.2, 0) is 0 Å². The standard InChI is InChI=1S/C14H13N3.2ClH/c1-10-3-2-4-12(7-10)17-9-16-13-8-11(15)5-6-14(13)17;;/h2-9H,15H2,1H3;2*1H/p-2. The van der Waals surface area contributed by atoms with E-state index in [1.165, 1.54) is 5.56 Å². The molecule has 0 spiro atoms. The van der Waals surface area contributed by atoms with Crippen molar-refractivity contribution in [3.63, 3.8) is 0 Å². The number of hydrogen-bond donors (Lipinski definition) is 1. The number of nitrogen functional groups attached to an aromatic ring is 1. The Morgan fingerprint density at radius 1 is 1.05 bits per heavy atom. The van der Waals surface area contributed by atoms with Gasteiger partial charge in [-0.15, -0.1) is 0 Å². The second-order valence-electron chi connectivity index (χ2n) is 4.20. The van der Waals surface area contributed by atoms with Crippen LogP contribution in [0.3, 0.4) is 0 Å². The van der Waals surface area contributed by atoms with Crippen molar-refractivity contribution in [2.75, 3.05) is 5.73 Å². The third-order valence-corrected chi connectivity index (χ3v) is 2.85. The maximum atomic E-state index is 5.75. The van der Waals surface area contributed by atoms with E-state index < -0.39 is 0 Å². The molecule has 0 fully saturated rings. The summed E-state index contributed by atoms with van der Waals surface area (Å²) in [5.41, 5.74) is 10.8. The SMILES string of the molecule is Cc1cccc(-n2cnc3cc(N)ccc32)c1.[Cl-].[Cl-]. The second kappa shape index (κ2) is 5.95. The summed E-state index contributed by atoms with van der Waals surface area (Å²) in [4.78, 5) is 4.37. The molecular weight excluding hydrogens is 281 g/mol. The summed E-state index contributed by atoms with van der Waals surface area (Å²) in [5.74, 6) is 0. The highest BCUT2D eigenvalue weighted by molar-refractivity contribution is 5.80. The third kappa shape index (κ3) is 2.83. The summed E-state index contributed by atoms with van der Waals surface area (Å²) in [7, 11) is 0. The number of imidazole rings is 1. The van der Waals surface area contributed by atoms with E-state index in [1.54, 1.807) is 0 Å². The summed E-state index contributed by atoms with van der Waals surface area (Å²) in [6.45, 7) is 2.08. The number of fused-ring (bicyclic) bond motifs is 1. The number of hydrogen-bond acceptors (Lipinski definition) is 2. The van der Waals surface area contributed by atoms with Gasteiger partial charge in [0.2, 0.25) is 0 Å². The zero-order valence-corrected chi connectivity index (χ0v) is 11.9. The van der Waals surface area contributed by atoms with Crippen LogP contribution in [0.5, 0.6) is 0 Å². The molecular formula is C14H13Cl2N3-2. The maximum Gasteiger partial charge on any atom is 0.100 e. The van der Waals surface area contributed by atoms with E-state index >= 15 is 0 Å². The summed E-state index contributed by atoms with van der Waals surface area (Å²) < 4.78 is 2.07. The Labute approximate surface area is 124 Å². The molecule has 3 rings (SSSR count). The molecule has 3 nitrogen and oxygen atoms in total. The Bertz CT molecular complexity index is 692. The first-order chi connectivity index (χ1) is 8.24. The van der Waals surface area contributed by atoms with Crippen LogP contribution in [0.4, 0.5) is 5.69 Å². The summed E-state index contributed by atoms with van der Waals surface area (Å²) >= 11 is 0. The fourth-order valence-electron chi connectivity index (χ4n) is 2.01. The summed E-state index contributed by atoms with van der Waals surface area (Å²) in [5, 5.41) is 0. The van der Waals surface area contributed by atoms with E-state index in [4.69, 9.17) is 5.73 Å². The average molecular weight is 294 g/mol. The number of aromatic nitrogens is 2. The summed E-state index contributed by atoms with van der Waals surface area (Å²) in [6, 6.07) is 14.1. The number of nitrogens with two attached hydrogens (primary N) is 1. The predicted molar refractivity (Wildman–Crippen MR) is 70.2 cm³/mol. The minimum absolute atomic E-state index is 0. The van der Waals surface area contributed by atoms with Crippen LogP contribution in [0.2, 0.25) is 0 Å². The molecule has 0 atom stereocenters. The first-order valence-electron chi connectivity index (χ1n) is 5.54. The Morgan fingerprint density at radius 2 is 1.84 bits per heavy atom. The first-order valence-corrected chi connectivity index (χ1v) is 5.54. The van der Waals surface area contributed by atoms with Crippen molar-refractivity contribution in [3.05, 3.63) is 54.4 Å². The van der Waals surface area contributed by atoms with Crippen LogP contribution in [0.25, 0.3) is 16.7 Å². The average Bonchev–Trinajstić information content (AvgIpc) is 2.71. The van der Waals surface area contributed by atoms with Gasteiger partial charge in [0.1, 0.15) is 6.33 Å². The molecule has 0 bridgehead atoms. The van der Waals surface area contributed by atoms with E-state index in [2.05, 4.69) is 34.7 Å². The predicted octanol–water partition coefficient (Wildman–Crippen LogP) is -3.08. The van der Waals surface area contributed by atoms with Crippen LogP contribution in [0.1, 0.15) is 5.56 Å². The van der Waals surface area contributed by atoms with Crippen molar-refractivity contribution in [2.45, 2.75) is 6.92 Å². The number of anilines is 1. The van der Waals surface area contributed by atoms with Gasteiger partial charge in [-0.1, -0.05) is 12.1 Å². The Morgan fingerprint density at radius 3 is 2.58 bits per heavy atom. The van der Waals surface area contributed by atoms with Crippen LogP contribution in [-0.4, -0.2) is 9.55 Å². The van der Waals surface area contributed by atoms with E-state index in [0.717, 1.165) is 22.4 Å². The van der Waals surface area contributed by atoms with Gasteiger partial charge in [0, 0.05) is 11.4 Å². The van der Waals surface area contributed by atoms with Gasteiger partial charge >= 0.3 is 0 Å². The van der Waals surface area contributed by atoms with Crippen LogP contribution in [0.15, 0.2) is 48.8 Å². The molecule has 100 valence electrons. The number of nitrogens with zero attached hydrogens (tertiary/aromatic N) is 2. The fourth-order valence-corrected chi connectivity index (χ4v) is 2.01. The molecule has 0 saturated heterocycles.